The molecule has 3 nitrogen and oxygen atoms in total. The molecule has 1 aromatic heterocycles. The van der Waals surface area contributed by atoms with E-state index < -0.39 is 0 Å². The zero-order valence-electron chi connectivity index (χ0n) is 5.65. The maximum absolute atomic E-state index is 5.57. The number of anilines is 2. The van der Waals surface area contributed by atoms with E-state index in [2.05, 4.69) is 17.8 Å². The summed E-state index contributed by atoms with van der Waals surface area (Å²) < 4.78 is 1.65. The summed E-state index contributed by atoms with van der Waals surface area (Å²) in [5.41, 5.74) is 7.08. The van der Waals surface area contributed by atoms with E-state index in [4.69, 9.17) is 5.73 Å². The lowest BCUT2D eigenvalue weighted by Gasteiger charge is -2.11. The zero-order chi connectivity index (χ0) is 7.56. The molecule has 0 atom stereocenters. The van der Waals surface area contributed by atoms with E-state index >= 15 is 0 Å². The molecule has 0 radical (unpaired) electrons. The lowest BCUT2D eigenvalue weighted by atomic mass is 10.3. The molecule has 10 heavy (non-hydrogen) atoms. The van der Waals surface area contributed by atoms with E-state index in [0.29, 0.717) is 5.69 Å². The fraction of sp³-hybridized carbons (Fsp3) is 0.167. The van der Waals surface area contributed by atoms with Gasteiger partial charge in [0.15, 0.2) is 0 Å². The van der Waals surface area contributed by atoms with Crippen molar-refractivity contribution in [2.24, 2.45) is 0 Å². The van der Waals surface area contributed by atoms with Gasteiger partial charge in [0.1, 0.15) is 0 Å². The number of nitrogen functional groups attached to an aromatic ring is 1. The lowest BCUT2D eigenvalue weighted by Crippen LogP contribution is -2.04. The summed E-state index contributed by atoms with van der Waals surface area (Å²) in [5, 5.41) is 0. The predicted molar refractivity (Wildman–Crippen MR) is 46.0 cm³/mol. The fourth-order valence-corrected chi connectivity index (χ4v) is 0.876. The molecule has 0 aliphatic heterocycles. The van der Waals surface area contributed by atoms with Crippen LogP contribution in [0.2, 0.25) is 0 Å². The number of aromatic nitrogens is 1. The summed E-state index contributed by atoms with van der Waals surface area (Å²) in [6, 6.07) is 1.81. The van der Waals surface area contributed by atoms with Crippen molar-refractivity contribution in [3.05, 3.63) is 18.5 Å². The van der Waals surface area contributed by atoms with Crippen molar-refractivity contribution >= 4 is 24.2 Å². The number of rotatable bonds is 1. The van der Waals surface area contributed by atoms with E-state index in [0.717, 1.165) is 5.69 Å². The molecule has 1 aromatic rings. The Balaban J connectivity index is 3.03. The van der Waals surface area contributed by atoms with Crippen LogP contribution in [0.25, 0.3) is 0 Å². The van der Waals surface area contributed by atoms with Gasteiger partial charge in [-0.25, -0.2) is 0 Å². The van der Waals surface area contributed by atoms with Crippen molar-refractivity contribution in [3.8, 4) is 0 Å². The first-order valence-corrected chi connectivity index (χ1v) is 3.24. The summed E-state index contributed by atoms with van der Waals surface area (Å²) >= 11 is 4.08. The molecule has 0 spiro atoms. The third-order valence-corrected chi connectivity index (χ3v) is 1.39. The van der Waals surface area contributed by atoms with Crippen molar-refractivity contribution in [3.63, 3.8) is 0 Å². The van der Waals surface area contributed by atoms with Crippen LogP contribution in [-0.4, -0.2) is 12.0 Å². The van der Waals surface area contributed by atoms with Crippen LogP contribution >= 0.6 is 12.8 Å². The molecule has 0 bridgehead atoms. The second-order valence-corrected chi connectivity index (χ2v) is 2.56. The number of thiol groups is 1. The van der Waals surface area contributed by atoms with E-state index in [9.17, 15) is 0 Å². The summed E-state index contributed by atoms with van der Waals surface area (Å²) in [4.78, 5) is 3.84. The minimum atomic E-state index is 0.639. The zero-order valence-corrected chi connectivity index (χ0v) is 6.55. The van der Waals surface area contributed by atoms with Crippen molar-refractivity contribution in [1.82, 2.24) is 4.98 Å². The van der Waals surface area contributed by atoms with Crippen molar-refractivity contribution in [1.29, 1.82) is 0 Å². The molecular formula is C6H9N3S. The smallest absolute Gasteiger partial charge is 0.0746 e. The van der Waals surface area contributed by atoms with E-state index in [1.54, 1.807) is 16.7 Å². The molecule has 0 saturated heterocycles. The van der Waals surface area contributed by atoms with E-state index in [1.165, 1.54) is 0 Å². The Kier molecular flexibility index (Phi) is 2.01. The first kappa shape index (κ1) is 7.21. The summed E-state index contributed by atoms with van der Waals surface area (Å²) in [7, 11) is 1.81. The molecule has 2 N–H and O–H groups in total. The summed E-state index contributed by atoms with van der Waals surface area (Å²) in [6.45, 7) is 0. The van der Waals surface area contributed by atoms with Gasteiger partial charge >= 0.3 is 0 Å². The maximum Gasteiger partial charge on any atom is 0.0746 e. The van der Waals surface area contributed by atoms with Crippen LogP contribution in [-0.2, 0) is 0 Å². The van der Waals surface area contributed by atoms with Gasteiger partial charge in [-0.1, -0.05) is 12.8 Å². The number of hydrogen-bond donors (Lipinski definition) is 2. The third-order valence-electron chi connectivity index (χ3n) is 1.18. The number of nitrogens with zero attached hydrogens (tertiary/aromatic N) is 2. The monoisotopic (exact) mass is 155 g/mol. The predicted octanol–water partition coefficient (Wildman–Crippen LogP) is 0.945. The molecule has 1 rings (SSSR count). The molecule has 0 aliphatic carbocycles. The van der Waals surface area contributed by atoms with Crippen LogP contribution in [0.4, 0.5) is 11.4 Å². The van der Waals surface area contributed by atoms with Crippen LogP contribution < -0.4 is 10.0 Å². The van der Waals surface area contributed by atoms with Gasteiger partial charge < -0.3 is 10.0 Å². The Hall–Kier alpha value is -0.900. The Morgan fingerprint density at radius 3 is 2.80 bits per heavy atom. The van der Waals surface area contributed by atoms with Crippen LogP contribution in [0.3, 0.4) is 0 Å². The molecule has 0 aromatic carbocycles. The molecule has 0 aliphatic rings. The Morgan fingerprint density at radius 1 is 1.70 bits per heavy atom. The molecule has 0 amide bonds. The van der Waals surface area contributed by atoms with E-state index in [1.807, 2.05) is 13.1 Å². The number of pyridine rings is 1. The second-order valence-electron chi connectivity index (χ2n) is 1.96. The highest BCUT2D eigenvalue weighted by atomic mass is 32.1. The van der Waals surface area contributed by atoms with Crippen LogP contribution in [0.1, 0.15) is 0 Å². The Labute approximate surface area is 65.4 Å². The van der Waals surface area contributed by atoms with Gasteiger partial charge in [0.2, 0.25) is 0 Å². The fourth-order valence-electron chi connectivity index (χ4n) is 0.694. The topological polar surface area (TPSA) is 42.2 Å². The molecule has 1 heterocycles. The highest BCUT2D eigenvalue weighted by Crippen LogP contribution is 2.20. The minimum Gasteiger partial charge on any atom is -0.396 e. The van der Waals surface area contributed by atoms with Gasteiger partial charge in [-0.15, -0.1) is 0 Å². The number of hydrogen-bond acceptors (Lipinski definition) is 4. The highest BCUT2D eigenvalue weighted by molar-refractivity contribution is 7.81. The van der Waals surface area contributed by atoms with Crippen molar-refractivity contribution < 1.29 is 0 Å². The summed E-state index contributed by atoms with van der Waals surface area (Å²) in [5.74, 6) is 0. The van der Waals surface area contributed by atoms with Crippen LogP contribution in [0, 0.1) is 0 Å². The van der Waals surface area contributed by atoms with Gasteiger partial charge in [-0.2, -0.15) is 0 Å². The highest BCUT2D eigenvalue weighted by Gasteiger charge is 1.98. The molecular weight excluding hydrogens is 146 g/mol. The van der Waals surface area contributed by atoms with Crippen molar-refractivity contribution in [2.75, 3.05) is 17.1 Å². The van der Waals surface area contributed by atoms with Crippen LogP contribution in [0.5, 0.6) is 0 Å². The molecule has 4 heteroatoms. The quantitative estimate of drug-likeness (QED) is 0.593. The first-order valence-electron chi connectivity index (χ1n) is 2.84. The average molecular weight is 155 g/mol. The van der Waals surface area contributed by atoms with Gasteiger partial charge in [0.05, 0.1) is 17.6 Å². The van der Waals surface area contributed by atoms with Gasteiger partial charge in [-0.05, 0) is 6.07 Å². The van der Waals surface area contributed by atoms with Gasteiger partial charge in [0.25, 0.3) is 0 Å². The normalized spacial score (nSPS) is 9.40. The average Bonchev–Trinajstić information content (AvgIpc) is 1.88. The lowest BCUT2D eigenvalue weighted by molar-refractivity contribution is 1.29. The second kappa shape index (κ2) is 2.79. The summed E-state index contributed by atoms with van der Waals surface area (Å²) in [6.07, 6.45) is 3.28. The first-order chi connectivity index (χ1) is 4.72. The van der Waals surface area contributed by atoms with Crippen molar-refractivity contribution in [2.45, 2.75) is 0 Å². The molecule has 0 unspecified atom stereocenters. The maximum atomic E-state index is 5.57. The SMILES string of the molecule is CN(S)c1ccncc1N. The Morgan fingerprint density at radius 2 is 2.40 bits per heavy atom. The third kappa shape index (κ3) is 1.33. The van der Waals surface area contributed by atoms with E-state index in [-0.39, 0.29) is 0 Å². The van der Waals surface area contributed by atoms with Crippen LogP contribution in [0.15, 0.2) is 18.5 Å². The molecule has 54 valence electrons. The molecule has 0 saturated carbocycles. The minimum absolute atomic E-state index is 0.639. The number of nitrogens with two attached hydrogens (primary N) is 1. The standard InChI is InChI=1S/C6H9N3S/c1-9(10)6-2-3-8-4-5(6)7/h2-4,10H,7H2,1H3. The van der Waals surface area contributed by atoms with Gasteiger partial charge in [-0.3, -0.25) is 4.98 Å². The largest absolute Gasteiger partial charge is 0.396 e. The van der Waals surface area contributed by atoms with Gasteiger partial charge in [0, 0.05) is 13.2 Å². The Bertz CT molecular complexity index is 224. The molecule has 0 fully saturated rings.